The molecule has 0 saturated carbocycles. The molecule has 31 heavy (non-hydrogen) atoms. The Labute approximate surface area is 177 Å². The largest absolute Gasteiger partial charge is 0.378 e. The van der Waals surface area contributed by atoms with Crippen LogP contribution < -0.4 is 0 Å². The average molecular weight is 419 g/mol. The van der Waals surface area contributed by atoms with Crippen molar-refractivity contribution in [3.63, 3.8) is 0 Å². The molecule has 0 aliphatic carbocycles. The minimum absolute atomic E-state index is 0.0561. The van der Waals surface area contributed by atoms with Gasteiger partial charge in [-0.25, -0.2) is 9.83 Å². The molecule has 8 heteroatoms. The molecule has 6 nitrogen and oxygen atoms in total. The number of ether oxygens (including phenoxy) is 1. The minimum Gasteiger partial charge on any atom is -0.378 e. The zero-order chi connectivity index (χ0) is 21.6. The summed E-state index contributed by atoms with van der Waals surface area (Å²) in [7, 11) is 0. The summed E-state index contributed by atoms with van der Waals surface area (Å²) in [4.78, 5) is 16.2. The molecule has 156 valence electrons. The molecule has 0 radical (unpaired) electrons. The Morgan fingerprint density at radius 1 is 1.19 bits per heavy atom. The number of nitrogens with zero attached hydrogens (tertiary/aromatic N) is 5. The first-order valence-electron chi connectivity index (χ1n) is 10.1. The number of rotatable bonds is 3. The number of alkyl halides is 2. The molecule has 4 aromatic rings. The van der Waals surface area contributed by atoms with Crippen LogP contribution in [0.1, 0.15) is 37.3 Å². The maximum atomic E-state index is 15.7. The SMILES string of the molecule is [C-]#[N+]c1ccc2ncc3nc(C(F)(F)c4ccccn4)n([C@@H]4CCO[C@H](C)C4)c3c2c1. The van der Waals surface area contributed by atoms with E-state index < -0.39 is 5.92 Å². The van der Waals surface area contributed by atoms with Gasteiger partial charge in [0.05, 0.1) is 29.9 Å². The molecule has 0 bridgehead atoms. The highest BCUT2D eigenvalue weighted by Gasteiger charge is 2.43. The molecule has 3 aromatic heterocycles. The number of hydrogen-bond donors (Lipinski definition) is 0. The number of pyridine rings is 2. The van der Waals surface area contributed by atoms with E-state index in [1.54, 1.807) is 34.9 Å². The molecule has 0 N–H and O–H groups in total. The molecule has 1 aliphatic rings. The number of fused-ring (bicyclic) bond motifs is 3. The number of aromatic nitrogens is 4. The Kier molecular flexibility index (Phi) is 4.63. The smallest absolute Gasteiger partial charge is 0.346 e. The summed E-state index contributed by atoms with van der Waals surface area (Å²) in [5, 5.41) is 0.640. The van der Waals surface area contributed by atoms with E-state index in [0.29, 0.717) is 47.1 Å². The minimum atomic E-state index is -3.40. The third-order valence-corrected chi connectivity index (χ3v) is 5.72. The van der Waals surface area contributed by atoms with Crippen molar-refractivity contribution in [2.45, 2.75) is 37.8 Å². The molecule has 1 aromatic carbocycles. The van der Waals surface area contributed by atoms with Crippen LogP contribution in [0.2, 0.25) is 0 Å². The molecule has 1 saturated heterocycles. The summed E-state index contributed by atoms with van der Waals surface area (Å²) in [6, 6.07) is 9.34. The normalized spacial score (nSPS) is 19.5. The third kappa shape index (κ3) is 3.22. The van der Waals surface area contributed by atoms with Gasteiger partial charge in [-0.05, 0) is 44.0 Å². The number of imidazole rings is 1. The molecule has 1 fully saturated rings. The van der Waals surface area contributed by atoms with Gasteiger partial charge >= 0.3 is 5.92 Å². The summed E-state index contributed by atoms with van der Waals surface area (Å²) in [6.45, 7) is 9.78. The van der Waals surface area contributed by atoms with Crippen LogP contribution in [0.3, 0.4) is 0 Å². The van der Waals surface area contributed by atoms with Gasteiger partial charge in [-0.15, -0.1) is 0 Å². The van der Waals surface area contributed by atoms with Crippen LogP contribution in [-0.2, 0) is 10.7 Å². The Morgan fingerprint density at radius 3 is 2.81 bits per heavy atom. The van der Waals surface area contributed by atoms with E-state index in [2.05, 4.69) is 19.8 Å². The van der Waals surface area contributed by atoms with Gasteiger partial charge in [-0.1, -0.05) is 12.1 Å². The van der Waals surface area contributed by atoms with E-state index >= 15 is 8.78 Å². The lowest BCUT2D eigenvalue weighted by molar-refractivity contribution is -0.00559. The average Bonchev–Trinajstić information content (AvgIpc) is 3.20. The summed E-state index contributed by atoms with van der Waals surface area (Å²) < 4.78 is 38.8. The summed E-state index contributed by atoms with van der Waals surface area (Å²) in [5.74, 6) is -3.76. The first kappa shape index (κ1) is 19.5. The lowest BCUT2D eigenvalue weighted by Gasteiger charge is -2.31. The van der Waals surface area contributed by atoms with Crippen LogP contribution in [0.4, 0.5) is 14.5 Å². The monoisotopic (exact) mass is 419 g/mol. The summed E-state index contributed by atoms with van der Waals surface area (Å²) in [5.41, 5.74) is 1.65. The highest BCUT2D eigenvalue weighted by molar-refractivity contribution is 6.03. The van der Waals surface area contributed by atoms with E-state index in [4.69, 9.17) is 11.3 Å². The molecule has 0 amide bonds. The standard InChI is InChI=1S/C23H19F2N5O/c1-14-11-16(8-10-31-14)30-21-17-12-15(26-2)6-7-18(17)28-13-19(21)29-22(30)23(24,25)20-5-3-4-9-27-20/h3-7,9,12-14,16H,8,10-11H2,1H3/t14-,16-/m1/s1. The van der Waals surface area contributed by atoms with E-state index in [9.17, 15) is 0 Å². The Balaban J connectivity index is 1.84. The third-order valence-electron chi connectivity index (χ3n) is 5.72. The molecule has 0 spiro atoms. The predicted octanol–water partition coefficient (Wildman–Crippen LogP) is 5.41. The van der Waals surface area contributed by atoms with Gasteiger partial charge in [0.15, 0.2) is 11.5 Å². The number of halogens is 2. The van der Waals surface area contributed by atoms with Crippen LogP contribution in [0, 0.1) is 6.57 Å². The van der Waals surface area contributed by atoms with Crippen LogP contribution >= 0.6 is 0 Å². The molecule has 2 atom stereocenters. The van der Waals surface area contributed by atoms with Gasteiger partial charge in [-0.2, -0.15) is 8.78 Å². The fraction of sp³-hybridized carbons (Fsp3) is 0.304. The topological polar surface area (TPSA) is 57.2 Å². The molecule has 5 rings (SSSR count). The Bertz CT molecular complexity index is 1310. The predicted molar refractivity (Wildman–Crippen MR) is 112 cm³/mol. The molecular formula is C23H19F2N5O. The van der Waals surface area contributed by atoms with Gasteiger partial charge in [0.25, 0.3) is 0 Å². The van der Waals surface area contributed by atoms with Crippen molar-refractivity contribution in [1.82, 2.24) is 19.5 Å². The first-order chi connectivity index (χ1) is 15.0. The van der Waals surface area contributed by atoms with Crippen molar-refractivity contribution in [2.24, 2.45) is 0 Å². The van der Waals surface area contributed by atoms with Crippen molar-refractivity contribution in [2.75, 3.05) is 6.61 Å². The highest BCUT2D eigenvalue weighted by atomic mass is 19.3. The Hall–Kier alpha value is -3.44. The lowest BCUT2D eigenvalue weighted by Crippen LogP contribution is -2.30. The zero-order valence-electron chi connectivity index (χ0n) is 16.8. The second-order valence-electron chi connectivity index (χ2n) is 7.76. The molecule has 0 unspecified atom stereocenters. The Morgan fingerprint density at radius 2 is 2.06 bits per heavy atom. The fourth-order valence-corrected chi connectivity index (χ4v) is 4.28. The van der Waals surface area contributed by atoms with Crippen molar-refractivity contribution >= 4 is 27.6 Å². The maximum absolute atomic E-state index is 15.7. The number of benzene rings is 1. The van der Waals surface area contributed by atoms with Crippen molar-refractivity contribution in [3.05, 3.63) is 71.7 Å². The van der Waals surface area contributed by atoms with Crippen LogP contribution in [0.25, 0.3) is 26.8 Å². The van der Waals surface area contributed by atoms with Crippen molar-refractivity contribution < 1.29 is 13.5 Å². The van der Waals surface area contributed by atoms with Crippen LogP contribution in [-0.4, -0.2) is 32.2 Å². The van der Waals surface area contributed by atoms with Crippen molar-refractivity contribution in [1.29, 1.82) is 0 Å². The first-order valence-corrected chi connectivity index (χ1v) is 10.1. The van der Waals surface area contributed by atoms with E-state index in [-0.39, 0.29) is 23.7 Å². The molecule has 4 heterocycles. The van der Waals surface area contributed by atoms with Gasteiger partial charge in [0.2, 0.25) is 0 Å². The van der Waals surface area contributed by atoms with Crippen LogP contribution in [0.15, 0.2) is 48.8 Å². The zero-order valence-corrected chi connectivity index (χ0v) is 16.8. The van der Waals surface area contributed by atoms with E-state index in [1.165, 1.54) is 18.5 Å². The molecule has 1 aliphatic heterocycles. The quantitative estimate of drug-likeness (QED) is 0.417. The van der Waals surface area contributed by atoms with Gasteiger partial charge < -0.3 is 9.30 Å². The number of hydrogen-bond acceptors (Lipinski definition) is 4. The fourth-order valence-electron chi connectivity index (χ4n) is 4.28. The lowest BCUT2D eigenvalue weighted by atomic mass is 10.0. The maximum Gasteiger partial charge on any atom is 0.346 e. The van der Waals surface area contributed by atoms with E-state index in [1.807, 2.05) is 6.92 Å². The van der Waals surface area contributed by atoms with Gasteiger partial charge in [0.1, 0.15) is 11.2 Å². The summed E-state index contributed by atoms with van der Waals surface area (Å²) >= 11 is 0. The van der Waals surface area contributed by atoms with Gasteiger partial charge in [0, 0.05) is 24.2 Å². The molecular weight excluding hydrogens is 400 g/mol. The van der Waals surface area contributed by atoms with Crippen molar-refractivity contribution in [3.8, 4) is 0 Å². The summed E-state index contributed by atoms with van der Waals surface area (Å²) in [6.07, 6.45) is 3.99. The van der Waals surface area contributed by atoms with E-state index in [0.717, 1.165) is 0 Å². The second-order valence-corrected chi connectivity index (χ2v) is 7.76. The highest BCUT2D eigenvalue weighted by Crippen LogP contribution is 2.41. The van der Waals surface area contributed by atoms with Crippen LogP contribution in [0.5, 0.6) is 0 Å². The van der Waals surface area contributed by atoms with Gasteiger partial charge in [-0.3, -0.25) is 9.97 Å². The second kappa shape index (κ2) is 7.36.